The van der Waals surface area contributed by atoms with Crippen LogP contribution in [0, 0.1) is 0 Å². The summed E-state index contributed by atoms with van der Waals surface area (Å²) in [4.78, 5) is 0. The Bertz CT molecular complexity index is 3790. The Labute approximate surface area is 382 Å². The van der Waals surface area contributed by atoms with Crippen molar-refractivity contribution in [2.75, 3.05) is 0 Å². The van der Waals surface area contributed by atoms with Crippen molar-refractivity contribution in [2.24, 2.45) is 0 Å². The zero-order valence-corrected chi connectivity index (χ0v) is 35.5. The van der Waals surface area contributed by atoms with Crippen LogP contribution in [0.15, 0.2) is 224 Å². The van der Waals surface area contributed by atoms with Gasteiger partial charge in [0.1, 0.15) is 23.5 Å². The van der Waals surface area contributed by atoms with Crippen molar-refractivity contribution in [3.8, 4) is 67.0 Å². The van der Waals surface area contributed by atoms with Crippen LogP contribution in [0.2, 0.25) is 0 Å². The molecule has 0 amide bonds. The van der Waals surface area contributed by atoms with E-state index in [4.69, 9.17) is 23.5 Å². The zero-order valence-electron chi connectivity index (χ0n) is 35.5. The fraction of sp³-hybridized carbons (Fsp3) is 0. The molecule has 0 aliphatic rings. The van der Waals surface area contributed by atoms with E-state index < -0.39 is 0 Å². The van der Waals surface area contributed by atoms with Crippen LogP contribution < -0.4 is 16.4 Å². The molecule has 0 aliphatic heterocycles. The highest BCUT2D eigenvalue weighted by molar-refractivity contribution is 6.60. The van der Waals surface area contributed by atoms with E-state index >= 15 is 0 Å². The second kappa shape index (κ2) is 15.7. The summed E-state index contributed by atoms with van der Waals surface area (Å²) in [7, 11) is 21.9. The lowest BCUT2D eigenvalue weighted by atomic mass is 9.69. The average Bonchev–Trinajstić information content (AvgIpc) is 3.90. The molecule has 12 rings (SSSR count). The van der Waals surface area contributed by atoms with Crippen molar-refractivity contribution in [1.29, 1.82) is 0 Å². The van der Waals surface area contributed by atoms with E-state index in [1.54, 1.807) is 0 Å². The lowest BCUT2D eigenvalue weighted by Gasteiger charge is -2.19. The summed E-state index contributed by atoms with van der Waals surface area (Å²) in [6.07, 6.45) is 0. The highest BCUT2D eigenvalue weighted by Crippen LogP contribution is 2.40. The molecule has 6 radical (unpaired) electrons. The average molecular weight is 818 g/mol. The number of rotatable bonds is 7. The van der Waals surface area contributed by atoms with Crippen LogP contribution in [0.25, 0.3) is 111 Å². The van der Waals surface area contributed by atoms with Gasteiger partial charge in [0, 0.05) is 38.4 Å². The maximum absolute atomic E-state index is 7.44. The molecule has 65 heavy (non-hydrogen) atoms. The van der Waals surface area contributed by atoms with Crippen LogP contribution in [-0.2, 0) is 0 Å². The Morgan fingerprint density at radius 3 is 1.35 bits per heavy atom. The van der Waals surface area contributed by atoms with Crippen molar-refractivity contribution in [3.63, 3.8) is 0 Å². The molecule has 0 aliphatic carbocycles. The second-order valence-electron chi connectivity index (χ2n) is 16.7. The molecule has 0 saturated heterocycles. The van der Waals surface area contributed by atoms with Crippen LogP contribution >= 0.6 is 0 Å². The Balaban J connectivity index is 1.09. The minimum absolute atomic E-state index is 0.453. The van der Waals surface area contributed by atoms with Crippen molar-refractivity contribution in [2.45, 2.75) is 0 Å². The number of aromatic nitrogens is 2. The van der Waals surface area contributed by atoms with Crippen LogP contribution in [0.3, 0.4) is 0 Å². The van der Waals surface area contributed by atoms with Crippen molar-refractivity contribution >= 4 is 83.5 Å². The predicted molar refractivity (Wildman–Crippen MR) is 278 cm³/mol. The number of nitrogens with zero attached hydrogens (tertiary/aromatic N) is 2. The molecule has 0 unspecified atom stereocenters. The minimum atomic E-state index is 0.453. The Morgan fingerprint density at radius 1 is 0.277 bits per heavy atom. The van der Waals surface area contributed by atoms with Gasteiger partial charge in [-0.25, -0.2) is 0 Å². The lowest BCUT2D eigenvalue weighted by Crippen LogP contribution is -2.35. The highest BCUT2D eigenvalue weighted by atomic mass is 15.0. The third-order valence-corrected chi connectivity index (χ3v) is 13.0. The number of fused-ring (bicyclic) bond motifs is 6. The first kappa shape index (κ1) is 38.7. The summed E-state index contributed by atoms with van der Waals surface area (Å²) in [5.41, 5.74) is 18.4. The van der Waals surface area contributed by atoms with E-state index in [0.717, 1.165) is 88.4 Å². The number of hydrogen-bond donors (Lipinski definition) is 0. The molecule has 2 aromatic heterocycles. The SMILES string of the molecule is [B]c1c(-c2ccc3c(c2)c2cc(-c4ccccc4-c4ccccc4)ccc2n3-c2cccc(-c3ccccc3)c2)c([B])c2c3ccccc3n(-c3cccc(-c4ccccc4)c3)c2c1[B]. The first-order valence-corrected chi connectivity index (χ1v) is 22.0. The van der Waals surface area contributed by atoms with Gasteiger partial charge in [-0.15, -0.1) is 0 Å². The molecule has 2 heterocycles. The molecule has 0 atom stereocenters. The summed E-state index contributed by atoms with van der Waals surface area (Å²) in [6.45, 7) is 0. The van der Waals surface area contributed by atoms with Gasteiger partial charge in [0.15, 0.2) is 0 Å². The molecular formula is C60H37B3N2. The van der Waals surface area contributed by atoms with E-state index in [9.17, 15) is 0 Å². The van der Waals surface area contributed by atoms with Gasteiger partial charge in [0.05, 0.1) is 16.6 Å². The summed E-state index contributed by atoms with van der Waals surface area (Å²) >= 11 is 0. The maximum atomic E-state index is 7.44. The first-order chi connectivity index (χ1) is 32.0. The molecule has 2 nitrogen and oxygen atoms in total. The normalized spacial score (nSPS) is 11.6. The largest absolute Gasteiger partial charge is 0.310 e. The lowest BCUT2D eigenvalue weighted by molar-refractivity contribution is 1.18. The molecule has 296 valence electrons. The van der Waals surface area contributed by atoms with Gasteiger partial charge < -0.3 is 9.13 Å². The maximum Gasteiger partial charge on any atom is 0.115 e. The Kier molecular flexibility index (Phi) is 9.31. The van der Waals surface area contributed by atoms with E-state index in [0.29, 0.717) is 16.4 Å². The molecule has 0 spiro atoms. The van der Waals surface area contributed by atoms with Crippen molar-refractivity contribution in [1.82, 2.24) is 9.13 Å². The number of para-hydroxylation sites is 1. The summed E-state index contributed by atoms with van der Waals surface area (Å²) in [5.74, 6) is 0. The predicted octanol–water partition coefficient (Wildman–Crippen LogP) is 12.6. The molecule has 10 aromatic carbocycles. The van der Waals surface area contributed by atoms with Crippen molar-refractivity contribution in [3.05, 3.63) is 224 Å². The Morgan fingerprint density at radius 2 is 0.738 bits per heavy atom. The van der Waals surface area contributed by atoms with E-state index in [2.05, 4.69) is 228 Å². The fourth-order valence-corrected chi connectivity index (χ4v) is 10.0. The minimum Gasteiger partial charge on any atom is -0.310 e. The quantitative estimate of drug-likeness (QED) is 0.142. The monoisotopic (exact) mass is 818 g/mol. The smallest absolute Gasteiger partial charge is 0.115 e. The molecule has 0 saturated carbocycles. The number of benzene rings is 10. The van der Waals surface area contributed by atoms with Gasteiger partial charge >= 0.3 is 0 Å². The van der Waals surface area contributed by atoms with Crippen LogP contribution in [0.1, 0.15) is 0 Å². The van der Waals surface area contributed by atoms with Gasteiger partial charge in [0.2, 0.25) is 0 Å². The van der Waals surface area contributed by atoms with E-state index in [1.807, 2.05) is 6.07 Å². The Hall–Kier alpha value is -8.01. The summed E-state index contributed by atoms with van der Waals surface area (Å²) < 4.78 is 4.58. The summed E-state index contributed by atoms with van der Waals surface area (Å²) in [6, 6.07) is 79.3. The van der Waals surface area contributed by atoms with E-state index in [-0.39, 0.29) is 0 Å². The highest BCUT2D eigenvalue weighted by Gasteiger charge is 2.23. The molecular weight excluding hydrogens is 781 g/mol. The second-order valence-corrected chi connectivity index (χ2v) is 16.7. The van der Waals surface area contributed by atoms with Gasteiger partial charge in [-0.3, -0.25) is 0 Å². The van der Waals surface area contributed by atoms with Crippen LogP contribution in [0.5, 0.6) is 0 Å². The first-order valence-electron chi connectivity index (χ1n) is 22.0. The fourth-order valence-electron chi connectivity index (χ4n) is 10.0. The topological polar surface area (TPSA) is 9.86 Å². The number of hydrogen-bond acceptors (Lipinski definition) is 0. The molecule has 0 bridgehead atoms. The summed E-state index contributed by atoms with van der Waals surface area (Å²) in [5, 5.41) is 4.09. The van der Waals surface area contributed by atoms with Crippen molar-refractivity contribution < 1.29 is 0 Å². The van der Waals surface area contributed by atoms with Crippen LogP contribution in [0.4, 0.5) is 0 Å². The zero-order chi connectivity index (χ0) is 43.6. The van der Waals surface area contributed by atoms with Crippen LogP contribution in [-0.4, -0.2) is 32.7 Å². The van der Waals surface area contributed by atoms with E-state index in [1.165, 1.54) is 22.3 Å². The van der Waals surface area contributed by atoms with Gasteiger partial charge in [0.25, 0.3) is 0 Å². The third-order valence-electron chi connectivity index (χ3n) is 13.0. The molecule has 5 heteroatoms. The molecule has 0 fully saturated rings. The van der Waals surface area contributed by atoms with Gasteiger partial charge in [-0.1, -0.05) is 186 Å². The molecule has 0 N–H and O–H groups in total. The molecule has 12 aromatic rings. The third kappa shape index (κ3) is 6.38. The van der Waals surface area contributed by atoms with Gasteiger partial charge in [-0.05, 0) is 110 Å². The standard InChI is InChI=1S/C60H37B3N2/c61-57-55(58(62)59(63)60-56(57)49-28-12-13-29-52(49)65(60)46-25-15-23-42(35-46)39-18-6-2-7-19-39)44-31-33-54-51(37-44)50-36-43(48-27-11-10-26-47(48)40-20-8-3-9-21-40)30-32-53(50)64(54)45-24-14-22-41(34-45)38-16-4-1-5-17-38/h1-37H. The van der Waals surface area contributed by atoms with Gasteiger partial charge in [-0.2, -0.15) is 0 Å².